The van der Waals surface area contributed by atoms with Crippen molar-refractivity contribution in [3.63, 3.8) is 0 Å². The summed E-state index contributed by atoms with van der Waals surface area (Å²) in [5, 5.41) is 0. The Hall–Kier alpha value is -0.110. The second-order valence-corrected chi connectivity index (χ2v) is 6.79. The van der Waals surface area contributed by atoms with Crippen molar-refractivity contribution in [2.75, 3.05) is 13.2 Å². The zero-order valence-corrected chi connectivity index (χ0v) is 15.1. The number of rotatable bonds is 9. The van der Waals surface area contributed by atoms with Crippen molar-refractivity contribution in [3.05, 3.63) is 0 Å². The summed E-state index contributed by atoms with van der Waals surface area (Å²) in [6, 6.07) is 0. The standard InChI is InChI=1S/C16H30B2O6/c1-4-7-8-9-10-19-16-15-14(23-18(6-3)24-15)13(21-16)12-11-20-17(5-2)22-12/h12-16H,4-11H2,1-3H3. The van der Waals surface area contributed by atoms with Gasteiger partial charge in [-0.05, 0) is 19.1 Å². The molecule has 5 atom stereocenters. The SMILES string of the molecule is CCCCCCOC1OC(C2COB(CC)O2)C2OB(CC)OC12. The number of hydrogen-bond acceptors (Lipinski definition) is 6. The molecule has 3 aliphatic heterocycles. The average Bonchev–Trinajstić information content (AvgIpc) is 3.29. The highest BCUT2D eigenvalue weighted by Crippen LogP contribution is 2.37. The summed E-state index contributed by atoms with van der Waals surface area (Å²) in [6.07, 6.45) is 5.37. The van der Waals surface area contributed by atoms with Crippen LogP contribution in [-0.2, 0) is 28.1 Å². The average molecular weight is 340 g/mol. The van der Waals surface area contributed by atoms with Crippen LogP contribution in [-0.4, -0.2) is 58.2 Å². The molecule has 6 nitrogen and oxygen atoms in total. The Morgan fingerprint density at radius 1 is 0.875 bits per heavy atom. The van der Waals surface area contributed by atoms with Crippen molar-refractivity contribution in [2.45, 2.75) is 89.8 Å². The van der Waals surface area contributed by atoms with Gasteiger partial charge in [-0.1, -0.05) is 40.0 Å². The fraction of sp³-hybridized carbons (Fsp3) is 1.00. The zero-order valence-electron chi connectivity index (χ0n) is 15.1. The van der Waals surface area contributed by atoms with E-state index in [4.69, 9.17) is 28.1 Å². The van der Waals surface area contributed by atoms with Gasteiger partial charge in [-0.25, -0.2) is 0 Å². The maximum atomic E-state index is 6.13. The molecule has 0 aromatic heterocycles. The summed E-state index contributed by atoms with van der Waals surface area (Å²) >= 11 is 0. The van der Waals surface area contributed by atoms with Gasteiger partial charge in [0.2, 0.25) is 0 Å². The molecule has 0 spiro atoms. The van der Waals surface area contributed by atoms with E-state index in [-0.39, 0.29) is 44.9 Å². The number of hydrogen-bond donors (Lipinski definition) is 0. The van der Waals surface area contributed by atoms with Crippen LogP contribution in [0.2, 0.25) is 12.6 Å². The van der Waals surface area contributed by atoms with Crippen molar-refractivity contribution in [1.29, 1.82) is 0 Å². The number of unbranched alkanes of at least 4 members (excludes halogenated alkanes) is 3. The smallest absolute Gasteiger partial charge is 0.408 e. The Balaban J connectivity index is 1.55. The minimum atomic E-state index is -0.373. The Morgan fingerprint density at radius 3 is 2.38 bits per heavy atom. The predicted octanol–water partition coefficient (Wildman–Crippen LogP) is 2.52. The minimum absolute atomic E-state index is 0.115. The van der Waals surface area contributed by atoms with E-state index in [1.165, 1.54) is 19.3 Å². The van der Waals surface area contributed by atoms with Crippen LogP contribution in [0.3, 0.4) is 0 Å². The van der Waals surface area contributed by atoms with Gasteiger partial charge in [0.1, 0.15) is 18.3 Å². The van der Waals surface area contributed by atoms with Gasteiger partial charge in [-0.2, -0.15) is 0 Å². The predicted molar refractivity (Wildman–Crippen MR) is 91.8 cm³/mol. The molecule has 3 fully saturated rings. The molecule has 8 heteroatoms. The first kappa shape index (κ1) is 18.7. The lowest BCUT2D eigenvalue weighted by Gasteiger charge is -2.23. The Morgan fingerprint density at radius 2 is 1.67 bits per heavy atom. The summed E-state index contributed by atoms with van der Waals surface area (Å²) < 4.78 is 35.7. The molecule has 3 rings (SSSR count). The van der Waals surface area contributed by atoms with Crippen molar-refractivity contribution < 1.29 is 28.1 Å². The Kier molecular flexibility index (Phi) is 7.01. The molecule has 0 aromatic carbocycles. The van der Waals surface area contributed by atoms with Crippen LogP contribution < -0.4 is 0 Å². The first-order valence-electron chi connectivity index (χ1n) is 9.61. The van der Waals surface area contributed by atoms with E-state index in [0.717, 1.165) is 19.1 Å². The molecule has 24 heavy (non-hydrogen) atoms. The van der Waals surface area contributed by atoms with Crippen LogP contribution in [0.25, 0.3) is 0 Å². The third-order valence-electron chi connectivity index (χ3n) is 4.91. The van der Waals surface area contributed by atoms with Gasteiger partial charge in [0.15, 0.2) is 6.29 Å². The zero-order chi connectivity index (χ0) is 16.9. The van der Waals surface area contributed by atoms with Crippen molar-refractivity contribution in [3.8, 4) is 0 Å². The van der Waals surface area contributed by atoms with Crippen LogP contribution in [0.5, 0.6) is 0 Å². The van der Waals surface area contributed by atoms with E-state index in [9.17, 15) is 0 Å². The third-order valence-corrected chi connectivity index (χ3v) is 4.91. The lowest BCUT2D eigenvalue weighted by Crippen LogP contribution is -2.39. The summed E-state index contributed by atoms with van der Waals surface area (Å²) in [6.45, 7) is 7.55. The van der Waals surface area contributed by atoms with Gasteiger partial charge in [0.25, 0.3) is 0 Å². The van der Waals surface area contributed by atoms with Crippen molar-refractivity contribution in [1.82, 2.24) is 0 Å². The topological polar surface area (TPSA) is 55.4 Å². The number of fused-ring (bicyclic) bond motifs is 1. The van der Waals surface area contributed by atoms with E-state index in [1.807, 2.05) is 0 Å². The first-order valence-corrected chi connectivity index (χ1v) is 9.61. The quantitative estimate of drug-likeness (QED) is 0.475. The first-order chi connectivity index (χ1) is 11.8. The molecule has 0 aliphatic carbocycles. The summed E-state index contributed by atoms with van der Waals surface area (Å²) in [5.74, 6) is 0. The van der Waals surface area contributed by atoms with Crippen molar-refractivity contribution >= 4 is 14.2 Å². The molecule has 0 saturated carbocycles. The molecule has 136 valence electrons. The second kappa shape index (κ2) is 9.01. The van der Waals surface area contributed by atoms with E-state index in [2.05, 4.69) is 20.8 Å². The molecular weight excluding hydrogens is 310 g/mol. The number of ether oxygens (including phenoxy) is 2. The van der Waals surface area contributed by atoms with Gasteiger partial charge in [0.05, 0.1) is 12.7 Å². The van der Waals surface area contributed by atoms with Crippen LogP contribution in [0, 0.1) is 0 Å². The molecule has 3 heterocycles. The summed E-state index contributed by atoms with van der Waals surface area (Å²) in [4.78, 5) is 0. The monoisotopic (exact) mass is 340 g/mol. The second-order valence-electron chi connectivity index (χ2n) is 6.79. The molecule has 0 bridgehead atoms. The molecule has 5 unspecified atom stereocenters. The molecule has 0 radical (unpaired) electrons. The Labute approximate surface area is 146 Å². The van der Waals surface area contributed by atoms with Crippen LogP contribution in [0.15, 0.2) is 0 Å². The van der Waals surface area contributed by atoms with E-state index < -0.39 is 0 Å². The highest BCUT2D eigenvalue weighted by molar-refractivity contribution is 6.45. The van der Waals surface area contributed by atoms with Crippen LogP contribution in [0.1, 0.15) is 46.5 Å². The molecule has 0 amide bonds. The largest absolute Gasteiger partial charge is 0.457 e. The van der Waals surface area contributed by atoms with Gasteiger partial charge in [-0.15, -0.1) is 0 Å². The van der Waals surface area contributed by atoms with Gasteiger partial charge < -0.3 is 28.1 Å². The summed E-state index contributed by atoms with van der Waals surface area (Å²) in [5.41, 5.74) is 0. The highest BCUT2D eigenvalue weighted by atomic mass is 16.8. The van der Waals surface area contributed by atoms with Gasteiger partial charge >= 0.3 is 14.2 Å². The lowest BCUT2D eigenvalue weighted by atomic mass is 9.86. The highest BCUT2D eigenvalue weighted by Gasteiger charge is 2.57. The van der Waals surface area contributed by atoms with Crippen LogP contribution in [0.4, 0.5) is 0 Å². The lowest BCUT2D eigenvalue weighted by molar-refractivity contribution is -0.175. The third kappa shape index (κ3) is 4.17. The van der Waals surface area contributed by atoms with Gasteiger partial charge in [0, 0.05) is 6.61 Å². The molecular formula is C16H30B2O6. The van der Waals surface area contributed by atoms with E-state index >= 15 is 0 Å². The fourth-order valence-electron chi connectivity index (χ4n) is 3.55. The van der Waals surface area contributed by atoms with E-state index in [1.54, 1.807) is 0 Å². The Bertz CT molecular complexity index is 388. The molecule has 0 aromatic rings. The maximum absolute atomic E-state index is 6.13. The normalized spacial score (nSPS) is 35.9. The van der Waals surface area contributed by atoms with Crippen molar-refractivity contribution in [2.24, 2.45) is 0 Å². The summed E-state index contributed by atoms with van der Waals surface area (Å²) in [7, 11) is -0.322. The molecule has 3 aliphatic rings. The van der Waals surface area contributed by atoms with Crippen LogP contribution >= 0.6 is 0 Å². The van der Waals surface area contributed by atoms with Gasteiger partial charge in [-0.3, -0.25) is 0 Å². The molecule has 0 N–H and O–H groups in total. The minimum Gasteiger partial charge on any atom is -0.408 e. The van der Waals surface area contributed by atoms with E-state index in [0.29, 0.717) is 13.2 Å². The molecule has 3 saturated heterocycles. The maximum Gasteiger partial charge on any atom is 0.457 e. The fourth-order valence-corrected chi connectivity index (χ4v) is 3.55.